The molecule has 0 fully saturated rings. The van der Waals surface area contributed by atoms with Crippen molar-refractivity contribution in [2.75, 3.05) is 0 Å². The second kappa shape index (κ2) is 3.44. The van der Waals surface area contributed by atoms with E-state index in [2.05, 4.69) is 12.1 Å². The van der Waals surface area contributed by atoms with Gasteiger partial charge in [0.25, 0.3) is 0 Å². The van der Waals surface area contributed by atoms with Crippen LogP contribution in [0.25, 0.3) is 0 Å². The van der Waals surface area contributed by atoms with Gasteiger partial charge in [0.05, 0.1) is 5.69 Å². The molecule has 1 heterocycles. The number of carboxylic acid groups (broad SMARTS) is 1. The third-order valence-electron chi connectivity index (χ3n) is 2.92. The van der Waals surface area contributed by atoms with E-state index in [9.17, 15) is 4.79 Å². The Kier molecular flexibility index (Phi) is 2.27. The molecule has 0 saturated carbocycles. The van der Waals surface area contributed by atoms with Crippen molar-refractivity contribution in [2.45, 2.75) is 32.6 Å². The second-order valence-corrected chi connectivity index (χ2v) is 3.76. The van der Waals surface area contributed by atoms with Crippen molar-refractivity contribution in [3.8, 4) is 0 Å². The summed E-state index contributed by atoms with van der Waals surface area (Å²) in [5.74, 6) is -0.381. The summed E-state index contributed by atoms with van der Waals surface area (Å²) in [7, 11) is 0. The molecular weight excluding hydrogens is 182 g/mol. The molecule has 1 N–H and O–H groups in total. The van der Waals surface area contributed by atoms with E-state index in [1.54, 1.807) is 0 Å². The smallest absolute Gasteiger partial charge is 0.375 e. The molecule has 0 spiro atoms. The van der Waals surface area contributed by atoms with Gasteiger partial charge in [-0.25, -0.2) is 4.79 Å². The predicted molar refractivity (Wildman–Crippen MR) is 49.3 cm³/mol. The largest absolute Gasteiger partial charge is 0.475 e. The van der Waals surface area contributed by atoms with E-state index in [4.69, 9.17) is 9.63 Å². The highest BCUT2D eigenvalue weighted by molar-refractivity contribution is 5.86. The molecule has 4 heteroatoms. The summed E-state index contributed by atoms with van der Waals surface area (Å²) >= 11 is 0. The topological polar surface area (TPSA) is 63.3 Å². The molecule has 1 unspecified atom stereocenters. The summed E-state index contributed by atoms with van der Waals surface area (Å²) in [5.41, 5.74) is 1.66. The van der Waals surface area contributed by atoms with Gasteiger partial charge in [-0.05, 0) is 25.2 Å². The maximum Gasteiger partial charge on any atom is 0.375 e. The van der Waals surface area contributed by atoms with Gasteiger partial charge < -0.3 is 9.63 Å². The van der Waals surface area contributed by atoms with Gasteiger partial charge in [0, 0.05) is 5.56 Å². The van der Waals surface area contributed by atoms with Crippen molar-refractivity contribution < 1.29 is 14.4 Å². The number of nitrogens with zero attached hydrogens (tertiary/aromatic N) is 1. The Morgan fingerprint density at radius 2 is 2.50 bits per heavy atom. The third kappa shape index (κ3) is 1.41. The Balaban J connectivity index is 2.32. The van der Waals surface area contributed by atoms with E-state index in [1.807, 2.05) is 0 Å². The van der Waals surface area contributed by atoms with E-state index < -0.39 is 5.97 Å². The summed E-state index contributed by atoms with van der Waals surface area (Å²) < 4.78 is 4.82. The lowest BCUT2D eigenvalue weighted by Gasteiger charge is -2.18. The van der Waals surface area contributed by atoms with Crippen LogP contribution in [-0.4, -0.2) is 16.2 Å². The van der Waals surface area contributed by atoms with Gasteiger partial charge >= 0.3 is 5.97 Å². The normalized spacial score (nSPS) is 20.5. The van der Waals surface area contributed by atoms with Crippen LogP contribution in [-0.2, 0) is 12.8 Å². The zero-order chi connectivity index (χ0) is 10.1. The summed E-state index contributed by atoms with van der Waals surface area (Å²) in [6.07, 6.45) is 3.83. The SMILES string of the molecule is CCC1CCc2noc(C(=O)O)c2C1. The summed E-state index contributed by atoms with van der Waals surface area (Å²) in [5, 5.41) is 12.6. The maximum absolute atomic E-state index is 10.8. The first kappa shape index (κ1) is 9.24. The Labute approximate surface area is 81.9 Å². The quantitative estimate of drug-likeness (QED) is 0.782. The second-order valence-electron chi connectivity index (χ2n) is 3.76. The Hall–Kier alpha value is -1.32. The van der Waals surface area contributed by atoms with Crippen molar-refractivity contribution in [3.05, 3.63) is 17.0 Å². The number of aromatic nitrogens is 1. The molecule has 2 rings (SSSR count). The van der Waals surface area contributed by atoms with Gasteiger partial charge in [-0.15, -0.1) is 0 Å². The Morgan fingerprint density at radius 3 is 3.14 bits per heavy atom. The van der Waals surface area contributed by atoms with Crippen LogP contribution in [0.2, 0.25) is 0 Å². The highest BCUT2D eigenvalue weighted by Gasteiger charge is 2.27. The lowest BCUT2D eigenvalue weighted by atomic mass is 9.85. The van der Waals surface area contributed by atoms with Gasteiger partial charge in [0.1, 0.15) is 0 Å². The van der Waals surface area contributed by atoms with Crippen LogP contribution in [0.15, 0.2) is 4.52 Å². The van der Waals surface area contributed by atoms with E-state index in [0.717, 1.165) is 36.9 Å². The van der Waals surface area contributed by atoms with Crippen LogP contribution >= 0.6 is 0 Å². The molecule has 0 saturated heterocycles. The average molecular weight is 195 g/mol. The monoisotopic (exact) mass is 195 g/mol. The molecule has 4 nitrogen and oxygen atoms in total. The van der Waals surface area contributed by atoms with Crippen molar-refractivity contribution in [3.63, 3.8) is 0 Å². The number of hydrogen-bond donors (Lipinski definition) is 1. The van der Waals surface area contributed by atoms with Crippen molar-refractivity contribution in [1.29, 1.82) is 0 Å². The molecule has 1 aliphatic carbocycles. The fourth-order valence-electron chi connectivity index (χ4n) is 2.00. The molecule has 0 amide bonds. The fourth-order valence-corrected chi connectivity index (χ4v) is 2.00. The molecule has 1 aromatic rings. The minimum atomic E-state index is -1.00. The molecule has 1 atom stereocenters. The highest BCUT2D eigenvalue weighted by atomic mass is 16.5. The molecule has 0 aromatic carbocycles. The summed E-state index contributed by atoms with van der Waals surface area (Å²) in [6.45, 7) is 2.13. The minimum absolute atomic E-state index is 0.0400. The molecule has 1 aromatic heterocycles. The average Bonchev–Trinajstić information content (AvgIpc) is 2.59. The van der Waals surface area contributed by atoms with Crippen LogP contribution in [0.5, 0.6) is 0 Å². The van der Waals surface area contributed by atoms with Crippen LogP contribution in [0, 0.1) is 5.92 Å². The van der Waals surface area contributed by atoms with E-state index in [0.29, 0.717) is 5.92 Å². The van der Waals surface area contributed by atoms with E-state index >= 15 is 0 Å². The number of aromatic carboxylic acids is 1. The van der Waals surface area contributed by atoms with Crippen LogP contribution < -0.4 is 0 Å². The number of carboxylic acids is 1. The van der Waals surface area contributed by atoms with Crippen LogP contribution in [0.1, 0.15) is 41.6 Å². The molecule has 14 heavy (non-hydrogen) atoms. The Bertz CT molecular complexity index is 356. The van der Waals surface area contributed by atoms with Crippen molar-refractivity contribution in [1.82, 2.24) is 5.16 Å². The van der Waals surface area contributed by atoms with E-state index in [1.165, 1.54) is 0 Å². The number of aryl methyl sites for hydroxylation is 1. The van der Waals surface area contributed by atoms with E-state index in [-0.39, 0.29) is 5.76 Å². The number of carbonyl (C=O) groups is 1. The maximum atomic E-state index is 10.8. The minimum Gasteiger partial charge on any atom is -0.475 e. The van der Waals surface area contributed by atoms with Crippen LogP contribution in [0.4, 0.5) is 0 Å². The molecule has 0 aliphatic heterocycles. The fraction of sp³-hybridized carbons (Fsp3) is 0.600. The van der Waals surface area contributed by atoms with Crippen molar-refractivity contribution >= 4 is 5.97 Å². The predicted octanol–water partition coefficient (Wildman–Crippen LogP) is 1.89. The lowest BCUT2D eigenvalue weighted by Crippen LogP contribution is -2.14. The first-order valence-corrected chi connectivity index (χ1v) is 4.93. The molecule has 1 aliphatic rings. The van der Waals surface area contributed by atoms with Gasteiger partial charge in [-0.2, -0.15) is 0 Å². The zero-order valence-electron chi connectivity index (χ0n) is 8.12. The molecular formula is C10H13NO3. The zero-order valence-corrected chi connectivity index (χ0v) is 8.12. The lowest BCUT2D eigenvalue weighted by molar-refractivity contribution is 0.0650. The Morgan fingerprint density at radius 1 is 1.71 bits per heavy atom. The summed E-state index contributed by atoms with van der Waals surface area (Å²) in [6, 6.07) is 0. The van der Waals surface area contributed by atoms with Crippen LogP contribution in [0.3, 0.4) is 0 Å². The third-order valence-corrected chi connectivity index (χ3v) is 2.92. The van der Waals surface area contributed by atoms with Gasteiger partial charge in [0.15, 0.2) is 0 Å². The first-order chi connectivity index (χ1) is 6.72. The molecule has 0 bridgehead atoms. The molecule has 76 valence electrons. The van der Waals surface area contributed by atoms with Gasteiger partial charge in [-0.3, -0.25) is 0 Å². The number of fused-ring (bicyclic) bond motifs is 1. The van der Waals surface area contributed by atoms with Gasteiger partial charge in [0.2, 0.25) is 5.76 Å². The molecule has 0 radical (unpaired) electrons. The standard InChI is InChI=1S/C10H13NO3/c1-2-6-3-4-8-7(5-6)9(10(12)13)14-11-8/h6H,2-5H2,1H3,(H,12,13). The number of rotatable bonds is 2. The highest BCUT2D eigenvalue weighted by Crippen LogP contribution is 2.29. The number of hydrogen-bond acceptors (Lipinski definition) is 3. The van der Waals surface area contributed by atoms with Gasteiger partial charge in [-0.1, -0.05) is 18.5 Å². The van der Waals surface area contributed by atoms with Crippen molar-refractivity contribution in [2.24, 2.45) is 5.92 Å². The first-order valence-electron chi connectivity index (χ1n) is 4.93. The summed E-state index contributed by atoms with van der Waals surface area (Å²) in [4.78, 5) is 10.8.